The van der Waals surface area contributed by atoms with Crippen LogP contribution in [0.1, 0.15) is 31.2 Å². The molecule has 1 spiro atoms. The average Bonchev–Trinajstić information content (AvgIpc) is 3.21. The number of aromatic nitrogens is 1. The first-order valence-corrected chi connectivity index (χ1v) is 13.8. The van der Waals surface area contributed by atoms with Crippen molar-refractivity contribution in [1.82, 2.24) is 4.57 Å². The molecule has 0 bridgehead atoms. The molecule has 2 nitrogen and oxygen atoms in total. The Hall–Kier alpha value is -3.46. The van der Waals surface area contributed by atoms with Crippen LogP contribution >= 0.6 is 0 Å². The van der Waals surface area contributed by atoms with Gasteiger partial charge >= 0.3 is 0 Å². The fourth-order valence-corrected chi connectivity index (χ4v) is 10.9. The summed E-state index contributed by atoms with van der Waals surface area (Å²) in [5.74, 6) is 5.20. The van der Waals surface area contributed by atoms with Crippen molar-refractivity contribution in [1.29, 1.82) is 0 Å². The number of rotatable bonds is 1. The standard InChI is InChI=1S/C33H24BNO/c1-3-10-26-21(6-1)22-7-5-9-25-30(22)35(26)27-13-12-23(32-16-19-14-18-15-20(17-32)33(18,19)32)31-29(27)34(25)24-8-2-4-11-28(24)36-31/h1-13,18-20H,14-17H2. The summed E-state index contributed by atoms with van der Waals surface area (Å²) in [4.78, 5) is 0. The molecule has 6 aliphatic rings. The fourth-order valence-electron chi connectivity index (χ4n) is 10.9. The van der Waals surface area contributed by atoms with Crippen LogP contribution in [0.25, 0.3) is 27.5 Å². The lowest BCUT2D eigenvalue weighted by Crippen LogP contribution is -2.87. The highest BCUT2D eigenvalue weighted by atomic mass is 16.5. The molecule has 0 N–H and O–H groups in total. The van der Waals surface area contributed by atoms with Gasteiger partial charge in [0, 0.05) is 33.0 Å². The largest absolute Gasteiger partial charge is 0.458 e. The molecule has 11 rings (SSSR count). The zero-order valence-corrected chi connectivity index (χ0v) is 20.0. The molecular formula is C33H24BNO. The molecule has 2 unspecified atom stereocenters. The molecule has 36 heavy (non-hydrogen) atoms. The van der Waals surface area contributed by atoms with Crippen molar-refractivity contribution in [2.24, 2.45) is 23.2 Å². The molecular weight excluding hydrogens is 437 g/mol. The molecule has 170 valence electrons. The van der Waals surface area contributed by atoms with Crippen molar-refractivity contribution >= 4 is 44.9 Å². The van der Waals surface area contributed by atoms with E-state index in [1.165, 1.54) is 80.9 Å². The lowest BCUT2D eigenvalue weighted by atomic mass is 9.12. The third-order valence-corrected chi connectivity index (χ3v) is 11.9. The third-order valence-electron chi connectivity index (χ3n) is 11.9. The monoisotopic (exact) mass is 461 g/mol. The third kappa shape index (κ3) is 1.52. The molecule has 4 saturated carbocycles. The van der Waals surface area contributed by atoms with Crippen molar-refractivity contribution < 1.29 is 4.74 Å². The highest BCUT2D eigenvalue weighted by Gasteiger charge is 2.88. The van der Waals surface area contributed by atoms with Gasteiger partial charge in [-0.1, -0.05) is 60.7 Å². The van der Waals surface area contributed by atoms with E-state index in [2.05, 4.69) is 83.4 Å². The van der Waals surface area contributed by atoms with Crippen LogP contribution in [0, 0.1) is 23.2 Å². The van der Waals surface area contributed by atoms with Gasteiger partial charge in [0.15, 0.2) is 0 Å². The van der Waals surface area contributed by atoms with Gasteiger partial charge in [-0.05, 0) is 83.4 Å². The van der Waals surface area contributed by atoms with E-state index in [1.54, 1.807) is 0 Å². The summed E-state index contributed by atoms with van der Waals surface area (Å²) >= 11 is 0. The topological polar surface area (TPSA) is 14.2 Å². The Morgan fingerprint density at radius 1 is 0.750 bits per heavy atom. The van der Waals surface area contributed by atoms with E-state index in [0.717, 1.165) is 23.5 Å². The first-order valence-electron chi connectivity index (χ1n) is 13.8. The van der Waals surface area contributed by atoms with Crippen LogP contribution < -0.4 is 21.1 Å². The van der Waals surface area contributed by atoms with Crippen molar-refractivity contribution in [3.05, 3.63) is 84.4 Å². The molecule has 2 atom stereocenters. The summed E-state index contributed by atoms with van der Waals surface area (Å²) in [5.41, 5.74) is 10.7. The van der Waals surface area contributed by atoms with Crippen LogP contribution in [0.4, 0.5) is 0 Å². The van der Waals surface area contributed by atoms with Gasteiger partial charge in [0.25, 0.3) is 6.71 Å². The van der Waals surface area contributed by atoms with Crippen LogP contribution in [0.2, 0.25) is 0 Å². The van der Waals surface area contributed by atoms with Crippen LogP contribution in [0.5, 0.6) is 11.5 Å². The van der Waals surface area contributed by atoms with Crippen molar-refractivity contribution in [3.63, 3.8) is 0 Å². The molecule has 3 heterocycles. The van der Waals surface area contributed by atoms with Gasteiger partial charge in [-0.3, -0.25) is 0 Å². The Labute approximate surface area is 210 Å². The SMILES string of the molecule is c1ccc2c(c1)Oc1c(C34CC5CC6CC(C3)C654)ccc3c1B2c1cccc2c4ccccc4n-3c12. The van der Waals surface area contributed by atoms with Crippen LogP contribution in [0.15, 0.2) is 78.9 Å². The highest BCUT2D eigenvalue weighted by molar-refractivity contribution is 6.99. The Balaban J connectivity index is 1.28. The minimum absolute atomic E-state index is 0.222. The summed E-state index contributed by atoms with van der Waals surface area (Å²) in [6.07, 6.45) is 5.75. The Bertz CT molecular complexity index is 1850. The molecule has 1 aromatic heterocycles. The van der Waals surface area contributed by atoms with Gasteiger partial charge < -0.3 is 9.30 Å². The maximum Gasteiger partial charge on any atom is 0.256 e. The summed E-state index contributed by atoms with van der Waals surface area (Å²) in [6, 6.07) is 29.6. The Morgan fingerprint density at radius 2 is 1.53 bits per heavy atom. The quantitative estimate of drug-likeness (QED) is 0.299. The maximum atomic E-state index is 7.00. The number of para-hydroxylation sites is 3. The van der Waals surface area contributed by atoms with E-state index in [9.17, 15) is 0 Å². The number of hydrogen-bond acceptors (Lipinski definition) is 1. The lowest BCUT2D eigenvalue weighted by Gasteiger charge is -2.91. The van der Waals surface area contributed by atoms with Crippen molar-refractivity contribution in [2.75, 3.05) is 0 Å². The summed E-state index contributed by atoms with van der Waals surface area (Å²) in [6.45, 7) is 0.222. The molecule has 4 fully saturated rings. The van der Waals surface area contributed by atoms with Crippen LogP contribution in [-0.4, -0.2) is 11.3 Å². The number of hydrogen-bond donors (Lipinski definition) is 0. The zero-order valence-electron chi connectivity index (χ0n) is 20.0. The Morgan fingerprint density at radius 3 is 2.39 bits per heavy atom. The minimum Gasteiger partial charge on any atom is -0.458 e. The van der Waals surface area contributed by atoms with Gasteiger partial charge in [-0.15, -0.1) is 0 Å². The molecule has 4 aliphatic carbocycles. The normalized spacial score (nSPS) is 32.7. The fraction of sp³-hybridized carbons (Fsp3) is 0.273. The first-order chi connectivity index (χ1) is 17.8. The molecule has 5 aromatic rings. The maximum absolute atomic E-state index is 7.00. The van der Waals surface area contributed by atoms with Gasteiger partial charge in [0.2, 0.25) is 0 Å². The van der Waals surface area contributed by atoms with Crippen LogP contribution in [-0.2, 0) is 5.41 Å². The summed E-state index contributed by atoms with van der Waals surface area (Å²) < 4.78 is 9.54. The van der Waals surface area contributed by atoms with Gasteiger partial charge in [0.05, 0.1) is 5.52 Å². The zero-order chi connectivity index (χ0) is 23.0. The van der Waals surface area contributed by atoms with E-state index >= 15 is 0 Å². The molecule has 4 aromatic carbocycles. The number of nitrogens with zero attached hydrogens (tertiary/aromatic N) is 1. The van der Waals surface area contributed by atoms with Gasteiger partial charge in [-0.2, -0.15) is 0 Å². The molecule has 0 radical (unpaired) electrons. The number of ether oxygens (including phenoxy) is 1. The van der Waals surface area contributed by atoms with E-state index in [-0.39, 0.29) is 6.71 Å². The highest BCUT2D eigenvalue weighted by Crippen LogP contribution is 2.93. The van der Waals surface area contributed by atoms with E-state index < -0.39 is 0 Å². The average molecular weight is 461 g/mol. The van der Waals surface area contributed by atoms with Gasteiger partial charge in [-0.25, -0.2) is 0 Å². The van der Waals surface area contributed by atoms with Gasteiger partial charge in [0.1, 0.15) is 11.5 Å². The number of fused-ring (bicyclic) bond motifs is 7. The molecule has 3 heteroatoms. The predicted molar refractivity (Wildman–Crippen MR) is 145 cm³/mol. The van der Waals surface area contributed by atoms with E-state index in [4.69, 9.17) is 4.74 Å². The second-order valence-electron chi connectivity index (χ2n) is 12.5. The molecule has 0 amide bonds. The van der Waals surface area contributed by atoms with E-state index in [1.807, 2.05) is 0 Å². The number of benzene rings is 4. The molecule has 2 aliphatic heterocycles. The summed E-state index contributed by atoms with van der Waals surface area (Å²) in [5, 5.41) is 2.70. The second-order valence-corrected chi connectivity index (χ2v) is 12.5. The van der Waals surface area contributed by atoms with Crippen molar-refractivity contribution in [2.45, 2.75) is 31.1 Å². The summed E-state index contributed by atoms with van der Waals surface area (Å²) in [7, 11) is 0. The smallest absolute Gasteiger partial charge is 0.256 e. The minimum atomic E-state index is 0.222. The Kier molecular flexibility index (Phi) is 2.63. The van der Waals surface area contributed by atoms with Crippen molar-refractivity contribution in [3.8, 4) is 17.2 Å². The second kappa shape index (κ2) is 5.30. The van der Waals surface area contributed by atoms with E-state index in [0.29, 0.717) is 10.8 Å². The predicted octanol–water partition coefficient (Wildman–Crippen LogP) is 5.41. The molecule has 0 saturated heterocycles. The lowest BCUT2D eigenvalue weighted by molar-refractivity contribution is -0.395. The van der Waals surface area contributed by atoms with Crippen LogP contribution in [0.3, 0.4) is 0 Å². The first kappa shape index (κ1) is 17.9.